The van der Waals surface area contributed by atoms with Gasteiger partial charge in [-0.25, -0.2) is 0 Å². The van der Waals surface area contributed by atoms with Crippen LogP contribution >= 0.6 is 0 Å². The van der Waals surface area contributed by atoms with Gasteiger partial charge in [0.2, 0.25) is 0 Å². The lowest BCUT2D eigenvalue weighted by Gasteiger charge is -2.37. The Hall–Kier alpha value is -1.02. The van der Waals surface area contributed by atoms with Crippen molar-refractivity contribution in [1.82, 2.24) is 0 Å². The highest BCUT2D eigenvalue weighted by molar-refractivity contribution is 6.87. The van der Waals surface area contributed by atoms with E-state index in [0.717, 1.165) is 38.1 Å². The number of ether oxygens (including phenoxy) is 3. The van der Waals surface area contributed by atoms with Gasteiger partial charge >= 0.3 is 26.5 Å². The molecule has 0 heterocycles. The molecular formula is C42H86O8Si3. The van der Waals surface area contributed by atoms with Crippen molar-refractivity contribution in [2.75, 3.05) is 20.3 Å². The fourth-order valence-electron chi connectivity index (χ4n) is 7.73. The van der Waals surface area contributed by atoms with Gasteiger partial charge in [-0.2, -0.15) is 0 Å². The van der Waals surface area contributed by atoms with Crippen LogP contribution in [-0.4, -0.2) is 63.4 Å². The number of hydrogen-bond donors (Lipinski definition) is 0. The van der Waals surface area contributed by atoms with E-state index in [4.69, 9.17) is 22.4 Å². The Kier molecular flexibility index (Phi) is 26.2. The molecule has 0 aliphatic heterocycles. The third-order valence-electron chi connectivity index (χ3n) is 9.94. The first-order chi connectivity index (χ1) is 24.6. The van der Waals surface area contributed by atoms with Crippen LogP contribution < -0.4 is 0 Å². The Labute approximate surface area is 330 Å². The average Bonchev–Trinajstić information content (AvgIpc) is 3.03. The second-order valence-electron chi connectivity index (χ2n) is 18.8. The molecule has 0 fully saturated rings. The van der Waals surface area contributed by atoms with E-state index >= 15 is 0 Å². The molecule has 8 nitrogen and oxygen atoms in total. The summed E-state index contributed by atoms with van der Waals surface area (Å²) in [5.41, 5.74) is -1.97. The van der Waals surface area contributed by atoms with Crippen molar-refractivity contribution in [1.29, 1.82) is 0 Å². The van der Waals surface area contributed by atoms with Gasteiger partial charge < -0.3 is 22.4 Å². The summed E-state index contributed by atoms with van der Waals surface area (Å²) in [5.74, 6) is -1.63. The van der Waals surface area contributed by atoms with Crippen molar-refractivity contribution < 1.29 is 36.8 Å². The number of esters is 3. The number of hydrogen-bond acceptors (Lipinski definition) is 8. The van der Waals surface area contributed by atoms with Crippen molar-refractivity contribution in [2.24, 2.45) is 16.7 Å². The molecule has 0 radical (unpaired) electrons. The van der Waals surface area contributed by atoms with Gasteiger partial charge in [-0.05, 0) is 98.3 Å². The van der Waals surface area contributed by atoms with E-state index in [-0.39, 0.29) is 24.8 Å². The van der Waals surface area contributed by atoms with Crippen molar-refractivity contribution in [3.63, 3.8) is 0 Å². The lowest BCUT2D eigenvalue weighted by Crippen LogP contribution is -2.51. The van der Waals surface area contributed by atoms with Crippen molar-refractivity contribution in [2.45, 2.75) is 215 Å². The third-order valence-corrected chi connectivity index (χ3v) is 20.1. The summed E-state index contributed by atoms with van der Waals surface area (Å²) in [6, 6.07) is 0.969. The predicted octanol–water partition coefficient (Wildman–Crippen LogP) is 12.5. The van der Waals surface area contributed by atoms with Crippen LogP contribution in [0.1, 0.15) is 163 Å². The Morgan fingerprint density at radius 2 is 1.02 bits per heavy atom. The minimum Gasteiger partial charge on any atom is -0.469 e. The molecule has 0 rings (SSSR count). The monoisotopic (exact) mass is 803 g/mol. The van der Waals surface area contributed by atoms with Crippen molar-refractivity contribution in [3.05, 3.63) is 0 Å². The van der Waals surface area contributed by atoms with E-state index in [2.05, 4.69) is 52.8 Å². The zero-order valence-corrected chi connectivity index (χ0v) is 40.1. The van der Waals surface area contributed by atoms with E-state index in [1.54, 1.807) is 13.8 Å². The number of unbranched alkanes of at least 4 members (excludes halogenated alkanes) is 16. The molecule has 0 amide bonds. The van der Waals surface area contributed by atoms with E-state index in [1.807, 2.05) is 13.8 Å². The van der Waals surface area contributed by atoms with Crippen LogP contribution in [-0.2, 0) is 36.8 Å². The Morgan fingerprint density at radius 3 is 1.47 bits per heavy atom. The molecule has 0 spiro atoms. The van der Waals surface area contributed by atoms with Crippen LogP contribution in [0.3, 0.4) is 0 Å². The van der Waals surface area contributed by atoms with Gasteiger partial charge in [-0.1, -0.05) is 117 Å². The third kappa shape index (κ3) is 26.5. The van der Waals surface area contributed by atoms with Gasteiger partial charge in [0, 0.05) is 0 Å². The molecule has 0 saturated carbocycles. The molecule has 0 bridgehead atoms. The highest BCUT2D eigenvalue weighted by atomic mass is 28.5. The maximum Gasteiger partial charge on any atom is 0.311 e. The van der Waals surface area contributed by atoms with Crippen LogP contribution in [0.25, 0.3) is 0 Å². The molecule has 2 atom stereocenters. The largest absolute Gasteiger partial charge is 0.469 e. The molecule has 0 saturated heterocycles. The van der Waals surface area contributed by atoms with Crippen LogP contribution in [0.2, 0.25) is 51.9 Å². The normalized spacial score (nSPS) is 14.4. The van der Waals surface area contributed by atoms with Crippen LogP contribution in [0.5, 0.6) is 0 Å². The molecule has 53 heavy (non-hydrogen) atoms. The lowest BCUT2D eigenvalue weighted by molar-refractivity contribution is -0.163. The highest BCUT2D eigenvalue weighted by Crippen LogP contribution is 2.41. The molecule has 0 aromatic carbocycles. The average molecular weight is 803 g/mol. The summed E-state index contributed by atoms with van der Waals surface area (Å²) in [6.07, 6.45) is 22.8. The zero-order valence-electron chi connectivity index (χ0n) is 37.1. The minimum atomic E-state index is -2.19. The van der Waals surface area contributed by atoms with E-state index in [1.165, 1.54) is 90.6 Å². The maximum atomic E-state index is 13.2. The van der Waals surface area contributed by atoms with Gasteiger partial charge in [-0.15, -0.1) is 0 Å². The maximum absolute atomic E-state index is 13.2. The number of rotatable bonds is 33. The summed E-state index contributed by atoms with van der Waals surface area (Å²) in [4.78, 5) is 39.2. The Balaban J connectivity index is 4.50. The quantitative estimate of drug-likeness (QED) is 0.0280. The Bertz CT molecular complexity index is 1010. The molecule has 314 valence electrons. The zero-order chi connectivity index (χ0) is 40.6. The van der Waals surface area contributed by atoms with Gasteiger partial charge in [0.25, 0.3) is 0 Å². The number of carbonyl (C=O) groups excluding carboxylic acids is 3. The molecule has 0 aliphatic rings. The van der Waals surface area contributed by atoms with E-state index < -0.39 is 47.9 Å². The van der Waals surface area contributed by atoms with Crippen LogP contribution in [0.4, 0.5) is 0 Å². The van der Waals surface area contributed by atoms with Crippen molar-refractivity contribution in [3.8, 4) is 0 Å². The molecule has 0 aromatic heterocycles. The first kappa shape index (κ1) is 52.0. The number of carbonyl (C=O) groups is 3. The SMILES string of the molecule is CCCCCCCCCCCCCCCCCCOC(=O)C(C)(C)CC(C)(CC(C)C(=O)OCCCC[Si](C)(C)O[Si](C)(C)O[Si](C)(C)C)C(=O)OC. The van der Waals surface area contributed by atoms with Crippen molar-refractivity contribution >= 4 is 43.1 Å². The molecule has 11 heteroatoms. The molecular weight excluding hydrogens is 717 g/mol. The summed E-state index contributed by atoms with van der Waals surface area (Å²) < 4.78 is 29.5. The molecule has 2 unspecified atom stereocenters. The van der Waals surface area contributed by atoms with E-state index in [0.29, 0.717) is 13.2 Å². The predicted molar refractivity (Wildman–Crippen MR) is 228 cm³/mol. The fraction of sp³-hybridized carbons (Fsp3) is 0.929. The smallest absolute Gasteiger partial charge is 0.311 e. The lowest BCUT2D eigenvalue weighted by atomic mass is 9.70. The van der Waals surface area contributed by atoms with Gasteiger partial charge in [0.05, 0.1) is 37.1 Å². The van der Waals surface area contributed by atoms with E-state index in [9.17, 15) is 14.4 Å². The standard InChI is InChI=1S/C42H86O8Si3/c1-14-15-16-17-18-19-20-21-22-23-24-25-26-27-28-29-33-48-39(44)41(3,4)36-42(5,40(45)46-6)35-37(2)38(43)47-32-30-31-34-52(10,11)50-53(12,13)49-51(7,8)9/h37H,14-36H2,1-13H3. The first-order valence-corrected chi connectivity index (χ1v) is 30.8. The topological polar surface area (TPSA) is 97.4 Å². The van der Waals surface area contributed by atoms with Gasteiger partial charge in [-0.3, -0.25) is 14.4 Å². The minimum absolute atomic E-state index is 0.211. The molecule has 0 aromatic rings. The molecule has 0 N–H and O–H groups in total. The fourth-order valence-corrected chi connectivity index (χ4v) is 21.0. The summed E-state index contributed by atoms with van der Waals surface area (Å²) in [7, 11) is -4.43. The first-order valence-electron chi connectivity index (χ1n) is 21.4. The van der Waals surface area contributed by atoms with Gasteiger partial charge in [0.1, 0.15) is 0 Å². The van der Waals surface area contributed by atoms with Crippen LogP contribution in [0, 0.1) is 16.7 Å². The highest BCUT2D eigenvalue weighted by Gasteiger charge is 2.45. The molecule has 0 aliphatic carbocycles. The second-order valence-corrected chi connectivity index (χ2v) is 31.4. The Morgan fingerprint density at radius 1 is 0.585 bits per heavy atom. The number of methoxy groups -OCH3 is 1. The summed E-state index contributed by atoms with van der Waals surface area (Å²) in [6.45, 7) is 25.5. The van der Waals surface area contributed by atoms with Gasteiger partial charge in [0.15, 0.2) is 16.6 Å². The van der Waals surface area contributed by atoms with Crippen LogP contribution in [0.15, 0.2) is 0 Å². The summed E-state index contributed by atoms with van der Waals surface area (Å²) >= 11 is 0. The summed E-state index contributed by atoms with van der Waals surface area (Å²) in [5, 5.41) is 0. The second kappa shape index (κ2) is 26.8.